The van der Waals surface area contributed by atoms with Crippen molar-refractivity contribution >= 4 is 23.1 Å². The van der Waals surface area contributed by atoms with Crippen molar-refractivity contribution in [3.63, 3.8) is 0 Å². The number of nitrogens with one attached hydrogen (secondary N) is 1. The summed E-state index contributed by atoms with van der Waals surface area (Å²) in [4.78, 5) is 9.25. The first-order valence-electron chi connectivity index (χ1n) is 7.98. The number of aromatic nitrogens is 4. The van der Waals surface area contributed by atoms with Gasteiger partial charge in [0.1, 0.15) is 10.8 Å². The summed E-state index contributed by atoms with van der Waals surface area (Å²) in [6.07, 6.45) is 2.44. The molecule has 2 aromatic heterocycles. The Morgan fingerprint density at radius 3 is 2.80 bits per heavy atom. The Hall–Kier alpha value is -2.06. The standard InChI is InChI=1S/C17H18N4O2S2/c1-22-13-6-5-11(7-14(13)23-2)16-18-12(8-24-16)9-25-17-19-15(20-21-17)10-3-4-10/h5-8,10H,3-4,9H2,1-2H3,(H,19,20,21). The van der Waals surface area contributed by atoms with Gasteiger partial charge >= 0.3 is 0 Å². The van der Waals surface area contributed by atoms with Gasteiger partial charge in [0.05, 0.1) is 19.9 Å². The van der Waals surface area contributed by atoms with E-state index in [1.165, 1.54) is 12.8 Å². The highest BCUT2D eigenvalue weighted by Gasteiger charge is 2.27. The van der Waals surface area contributed by atoms with Gasteiger partial charge in [-0.3, -0.25) is 5.10 Å². The monoisotopic (exact) mass is 374 g/mol. The van der Waals surface area contributed by atoms with Crippen molar-refractivity contribution in [3.8, 4) is 22.1 Å². The van der Waals surface area contributed by atoms with Crippen LogP contribution in [0.3, 0.4) is 0 Å². The molecule has 0 spiro atoms. The number of hydrogen-bond donors (Lipinski definition) is 1. The number of H-pyrrole nitrogens is 1. The average Bonchev–Trinajstić information content (AvgIpc) is 3.20. The second kappa shape index (κ2) is 7.05. The molecule has 25 heavy (non-hydrogen) atoms. The summed E-state index contributed by atoms with van der Waals surface area (Å²) in [5.74, 6) is 3.80. The highest BCUT2D eigenvalue weighted by Crippen LogP contribution is 2.38. The van der Waals surface area contributed by atoms with E-state index in [1.807, 2.05) is 18.2 Å². The van der Waals surface area contributed by atoms with Crippen LogP contribution in [0.2, 0.25) is 0 Å². The van der Waals surface area contributed by atoms with Gasteiger partial charge in [-0.25, -0.2) is 9.97 Å². The van der Waals surface area contributed by atoms with Gasteiger partial charge in [-0.2, -0.15) is 0 Å². The molecular formula is C17H18N4O2S2. The molecule has 1 aliphatic carbocycles. The van der Waals surface area contributed by atoms with Crippen LogP contribution < -0.4 is 9.47 Å². The summed E-state index contributed by atoms with van der Waals surface area (Å²) in [7, 11) is 3.27. The Balaban J connectivity index is 1.44. The molecule has 6 nitrogen and oxygen atoms in total. The molecule has 0 radical (unpaired) electrons. The largest absolute Gasteiger partial charge is 0.493 e. The van der Waals surface area contributed by atoms with Crippen LogP contribution in [-0.2, 0) is 5.75 Å². The van der Waals surface area contributed by atoms with E-state index in [1.54, 1.807) is 37.3 Å². The Morgan fingerprint density at radius 2 is 2.04 bits per heavy atom. The van der Waals surface area contributed by atoms with Crippen LogP contribution in [0.4, 0.5) is 0 Å². The maximum atomic E-state index is 5.36. The third kappa shape index (κ3) is 3.64. The molecule has 130 valence electrons. The van der Waals surface area contributed by atoms with E-state index < -0.39 is 0 Å². The lowest BCUT2D eigenvalue weighted by Gasteiger charge is -2.08. The van der Waals surface area contributed by atoms with E-state index in [4.69, 9.17) is 14.5 Å². The topological polar surface area (TPSA) is 72.9 Å². The molecule has 1 N–H and O–H groups in total. The van der Waals surface area contributed by atoms with Gasteiger partial charge < -0.3 is 9.47 Å². The summed E-state index contributed by atoms with van der Waals surface area (Å²) in [5.41, 5.74) is 2.05. The normalized spacial score (nSPS) is 13.8. The zero-order valence-electron chi connectivity index (χ0n) is 14.0. The highest BCUT2D eigenvalue weighted by molar-refractivity contribution is 7.98. The molecule has 0 unspecified atom stereocenters. The molecule has 0 amide bonds. The first-order valence-corrected chi connectivity index (χ1v) is 9.85. The minimum absolute atomic E-state index is 0.595. The van der Waals surface area contributed by atoms with Crippen LogP contribution in [0.5, 0.6) is 11.5 Å². The second-order valence-electron chi connectivity index (χ2n) is 5.78. The molecular weight excluding hydrogens is 356 g/mol. The predicted octanol–water partition coefficient (Wildman–Crippen LogP) is 4.12. The summed E-state index contributed by atoms with van der Waals surface area (Å²) in [5, 5.41) is 11.1. The van der Waals surface area contributed by atoms with Crippen LogP contribution in [0.15, 0.2) is 28.7 Å². The third-order valence-electron chi connectivity index (χ3n) is 3.98. The fourth-order valence-electron chi connectivity index (χ4n) is 2.48. The van der Waals surface area contributed by atoms with Crippen LogP contribution in [-0.4, -0.2) is 34.4 Å². The van der Waals surface area contributed by atoms with Crippen molar-refractivity contribution in [1.82, 2.24) is 20.2 Å². The number of hydrogen-bond acceptors (Lipinski definition) is 7. The number of thiazole rings is 1. The quantitative estimate of drug-likeness (QED) is 0.627. The summed E-state index contributed by atoms with van der Waals surface area (Å²) in [6, 6.07) is 5.84. The van der Waals surface area contributed by atoms with E-state index in [-0.39, 0.29) is 0 Å². The molecule has 0 aliphatic heterocycles. The Kier molecular flexibility index (Phi) is 4.63. The molecule has 0 atom stereocenters. The maximum Gasteiger partial charge on any atom is 0.208 e. The summed E-state index contributed by atoms with van der Waals surface area (Å²) >= 11 is 3.23. The Bertz CT molecular complexity index is 873. The molecule has 0 bridgehead atoms. The van der Waals surface area contributed by atoms with E-state index in [0.29, 0.717) is 11.7 Å². The molecule has 1 aliphatic rings. The minimum Gasteiger partial charge on any atom is -0.493 e. The Labute approximate surface area is 154 Å². The SMILES string of the molecule is COc1ccc(-c2nc(CSc3n[nH]c(C4CC4)n3)cs2)cc1OC. The predicted molar refractivity (Wildman–Crippen MR) is 98.6 cm³/mol. The second-order valence-corrected chi connectivity index (χ2v) is 7.58. The van der Waals surface area contributed by atoms with E-state index in [2.05, 4.69) is 20.6 Å². The zero-order chi connectivity index (χ0) is 17.2. The van der Waals surface area contributed by atoms with Gasteiger partial charge in [-0.05, 0) is 31.0 Å². The first kappa shape index (κ1) is 16.4. The Morgan fingerprint density at radius 1 is 1.20 bits per heavy atom. The molecule has 1 aromatic carbocycles. The summed E-state index contributed by atoms with van der Waals surface area (Å²) in [6.45, 7) is 0. The van der Waals surface area contributed by atoms with Crippen molar-refractivity contribution in [2.45, 2.75) is 29.7 Å². The van der Waals surface area contributed by atoms with E-state index in [0.717, 1.165) is 38.7 Å². The number of aromatic amines is 1. The van der Waals surface area contributed by atoms with Gasteiger partial charge in [0.15, 0.2) is 11.5 Å². The zero-order valence-corrected chi connectivity index (χ0v) is 15.6. The number of thioether (sulfide) groups is 1. The molecule has 8 heteroatoms. The third-order valence-corrected chi connectivity index (χ3v) is 5.80. The molecule has 1 fully saturated rings. The maximum absolute atomic E-state index is 5.36. The summed E-state index contributed by atoms with van der Waals surface area (Å²) < 4.78 is 10.6. The van der Waals surface area contributed by atoms with E-state index >= 15 is 0 Å². The molecule has 3 aromatic rings. The van der Waals surface area contributed by atoms with Crippen molar-refractivity contribution in [2.24, 2.45) is 0 Å². The van der Waals surface area contributed by atoms with Crippen molar-refractivity contribution in [3.05, 3.63) is 35.1 Å². The van der Waals surface area contributed by atoms with Gasteiger partial charge in [-0.15, -0.1) is 16.4 Å². The molecule has 1 saturated carbocycles. The fourth-order valence-corrected chi connectivity index (χ4v) is 4.10. The first-order chi connectivity index (χ1) is 12.3. The lowest BCUT2D eigenvalue weighted by atomic mass is 10.2. The number of benzene rings is 1. The highest BCUT2D eigenvalue weighted by atomic mass is 32.2. The van der Waals surface area contributed by atoms with Crippen molar-refractivity contribution < 1.29 is 9.47 Å². The van der Waals surface area contributed by atoms with Crippen molar-refractivity contribution in [2.75, 3.05) is 14.2 Å². The van der Waals surface area contributed by atoms with Crippen molar-refractivity contribution in [1.29, 1.82) is 0 Å². The minimum atomic E-state index is 0.595. The van der Waals surface area contributed by atoms with Gasteiger partial charge in [-0.1, -0.05) is 11.8 Å². The lowest BCUT2D eigenvalue weighted by molar-refractivity contribution is 0.355. The average molecular weight is 374 g/mol. The van der Waals surface area contributed by atoms with E-state index in [9.17, 15) is 0 Å². The fraction of sp³-hybridized carbons (Fsp3) is 0.353. The number of ether oxygens (including phenoxy) is 2. The van der Waals surface area contributed by atoms with Crippen LogP contribution >= 0.6 is 23.1 Å². The van der Waals surface area contributed by atoms with Crippen LogP contribution in [0.25, 0.3) is 10.6 Å². The molecule has 4 rings (SSSR count). The van der Waals surface area contributed by atoms with Crippen LogP contribution in [0.1, 0.15) is 30.3 Å². The van der Waals surface area contributed by atoms with Gasteiger partial charge in [0, 0.05) is 22.6 Å². The van der Waals surface area contributed by atoms with Gasteiger partial charge in [0.25, 0.3) is 0 Å². The number of methoxy groups -OCH3 is 2. The molecule has 2 heterocycles. The molecule has 0 saturated heterocycles. The number of rotatable bonds is 7. The number of nitrogens with zero attached hydrogens (tertiary/aromatic N) is 3. The van der Waals surface area contributed by atoms with Gasteiger partial charge in [0.2, 0.25) is 5.16 Å². The smallest absolute Gasteiger partial charge is 0.208 e. The lowest BCUT2D eigenvalue weighted by Crippen LogP contribution is -1.91. The van der Waals surface area contributed by atoms with Crippen LogP contribution in [0, 0.1) is 0 Å².